The molecule has 0 radical (unpaired) electrons. The van der Waals surface area contributed by atoms with Crippen LogP contribution in [-0.2, 0) is 0 Å². The van der Waals surface area contributed by atoms with Gasteiger partial charge in [-0.15, -0.1) is 0 Å². The number of alkyl halides is 1. The van der Waals surface area contributed by atoms with Crippen LogP contribution in [0.3, 0.4) is 0 Å². The maximum Gasteiger partial charge on any atom is 0.0378 e. The first-order valence-corrected chi connectivity index (χ1v) is 6.12. The van der Waals surface area contributed by atoms with E-state index in [1.165, 1.54) is 11.1 Å². The van der Waals surface area contributed by atoms with Gasteiger partial charge in [-0.3, -0.25) is 0 Å². The van der Waals surface area contributed by atoms with Crippen LogP contribution in [-0.4, -0.2) is 0 Å². The van der Waals surface area contributed by atoms with Crippen LogP contribution in [0.2, 0.25) is 0 Å². The molecule has 0 bridgehead atoms. The van der Waals surface area contributed by atoms with E-state index >= 15 is 0 Å². The van der Waals surface area contributed by atoms with Crippen molar-refractivity contribution in [1.82, 2.24) is 0 Å². The molecule has 1 rings (SSSR count). The summed E-state index contributed by atoms with van der Waals surface area (Å²) in [5, 5.41) is 0. The third kappa shape index (κ3) is 2.33. The van der Waals surface area contributed by atoms with Crippen molar-refractivity contribution in [3.63, 3.8) is 0 Å². The molecule has 66 valence electrons. The van der Waals surface area contributed by atoms with E-state index in [1.807, 2.05) is 0 Å². The molecule has 0 N–H and O–H groups in total. The summed E-state index contributed by atoms with van der Waals surface area (Å²) in [6.45, 7) is 4.19. The van der Waals surface area contributed by atoms with Crippen molar-refractivity contribution in [2.75, 3.05) is 0 Å². The molecule has 0 heterocycles. The van der Waals surface area contributed by atoms with Crippen molar-refractivity contribution in [3.8, 4) is 0 Å². The van der Waals surface area contributed by atoms with Gasteiger partial charge < -0.3 is 0 Å². The zero-order chi connectivity index (χ0) is 9.30. The third-order valence-electron chi connectivity index (χ3n) is 1.71. The highest BCUT2D eigenvalue weighted by molar-refractivity contribution is 9.11. The summed E-state index contributed by atoms with van der Waals surface area (Å²) in [5.74, 6) is 0. The molecule has 0 aromatic heterocycles. The lowest BCUT2D eigenvalue weighted by molar-refractivity contribution is 1.10. The highest BCUT2D eigenvalue weighted by Gasteiger charge is 2.07. The van der Waals surface area contributed by atoms with E-state index in [9.17, 15) is 0 Å². The molecule has 1 aromatic rings. The smallest absolute Gasteiger partial charge is 0.0378 e. The van der Waals surface area contributed by atoms with Gasteiger partial charge in [0.25, 0.3) is 0 Å². The van der Waals surface area contributed by atoms with Gasteiger partial charge >= 0.3 is 0 Å². The summed E-state index contributed by atoms with van der Waals surface area (Å²) < 4.78 is 2.32. The van der Waals surface area contributed by atoms with E-state index in [0.29, 0.717) is 4.83 Å². The van der Waals surface area contributed by atoms with Crippen molar-refractivity contribution in [1.29, 1.82) is 0 Å². The van der Waals surface area contributed by atoms with E-state index < -0.39 is 0 Å². The van der Waals surface area contributed by atoms with Gasteiger partial charge in [-0.05, 0) is 37.1 Å². The lowest BCUT2D eigenvalue weighted by Crippen LogP contribution is -1.88. The predicted molar refractivity (Wildman–Crippen MR) is 63.9 cm³/mol. The molecule has 12 heavy (non-hydrogen) atoms. The quantitative estimate of drug-likeness (QED) is 0.623. The lowest BCUT2D eigenvalue weighted by Gasteiger charge is -2.09. The van der Waals surface area contributed by atoms with E-state index in [0.717, 1.165) is 8.95 Å². The highest BCUT2D eigenvalue weighted by Crippen LogP contribution is 2.33. The van der Waals surface area contributed by atoms with Crippen molar-refractivity contribution in [2.45, 2.75) is 18.7 Å². The molecule has 0 aliphatic carbocycles. The lowest BCUT2D eigenvalue weighted by atomic mass is 10.1. The fraction of sp³-hybridized carbons (Fsp3) is 0.333. The number of rotatable bonds is 1. The van der Waals surface area contributed by atoms with Gasteiger partial charge in [0.2, 0.25) is 0 Å². The molecule has 0 fully saturated rings. The Kier molecular flexibility index (Phi) is 3.80. The number of aryl methyl sites for hydroxylation is 1. The van der Waals surface area contributed by atoms with Gasteiger partial charge in [-0.1, -0.05) is 47.8 Å². The highest BCUT2D eigenvalue weighted by atomic mass is 79.9. The predicted octanol–water partition coefficient (Wildman–Crippen LogP) is 4.98. The van der Waals surface area contributed by atoms with Gasteiger partial charge in [0.15, 0.2) is 0 Å². The van der Waals surface area contributed by atoms with Crippen LogP contribution in [0.1, 0.15) is 22.9 Å². The van der Waals surface area contributed by atoms with Crippen molar-refractivity contribution in [3.05, 3.63) is 32.2 Å². The number of hydrogen-bond donors (Lipinski definition) is 0. The van der Waals surface area contributed by atoms with Gasteiger partial charge in [-0.25, -0.2) is 0 Å². The molecule has 1 atom stereocenters. The molecule has 3 heteroatoms. The molecule has 1 aromatic carbocycles. The average Bonchev–Trinajstić information content (AvgIpc) is 1.96. The first kappa shape index (κ1) is 10.7. The number of hydrogen-bond acceptors (Lipinski definition) is 0. The molecule has 0 nitrogen and oxygen atoms in total. The third-order valence-corrected chi connectivity index (χ3v) is 3.74. The number of benzene rings is 1. The fourth-order valence-corrected chi connectivity index (χ4v) is 2.81. The Morgan fingerprint density at radius 3 is 2.25 bits per heavy atom. The van der Waals surface area contributed by atoms with Crippen LogP contribution in [0.25, 0.3) is 0 Å². The zero-order valence-corrected chi connectivity index (χ0v) is 11.6. The Balaban J connectivity index is 3.23. The summed E-state index contributed by atoms with van der Waals surface area (Å²) >= 11 is 10.6. The number of halogens is 3. The Morgan fingerprint density at radius 2 is 1.75 bits per heavy atom. The van der Waals surface area contributed by atoms with Gasteiger partial charge in [0, 0.05) is 13.8 Å². The van der Waals surface area contributed by atoms with Crippen LogP contribution in [0.15, 0.2) is 21.1 Å². The Morgan fingerprint density at radius 1 is 1.17 bits per heavy atom. The summed E-state index contributed by atoms with van der Waals surface area (Å²) in [6.07, 6.45) is 0. The molecular formula is C9H9Br3. The largest absolute Gasteiger partial charge is 0.0841 e. The molecule has 0 aliphatic rings. The minimum absolute atomic E-state index is 0.378. The molecular weight excluding hydrogens is 348 g/mol. The Bertz CT molecular complexity index is 292. The van der Waals surface area contributed by atoms with E-state index in [-0.39, 0.29) is 0 Å². The summed E-state index contributed by atoms with van der Waals surface area (Å²) in [7, 11) is 0. The first-order valence-electron chi connectivity index (χ1n) is 3.62. The minimum atomic E-state index is 0.378. The van der Waals surface area contributed by atoms with E-state index in [2.05, 4.69) is 73.8 Å². The second kappa shape index (κ2) is 4.25. The monoisotopic (exact) mass is 354 g/mol. The van der Waals surface area contributed by atoms with Crippen molar-refractivity contribution >= 4 is 47.8 Å². The summed E-state index contributed by atoms with van der Waals surface area (Å²) in [4.78, 5) is 0.378. The van der Waals surface area contributed by atoms with Crippen LogP contribution in [0.4, 0.5) is 0 Å². The topological polar surface area (TPSA) is 0 Å². The zero-order valence-electron chi connectivity index (χ0n) is 6.87. The second-order valence-electron chi connectivity index (χ2n) is 2.74. The molecule has 0 saturated carbocycles. The van der Waals surface area contributed by atoms with Crippen molar-refractivity contribution < 1.29 is 0 Å². The molecule has 0 saturated heterocycles. The maximum atomic E-state index is 3.54. The van der Waals surface area contributed by atoms with Gasteiger partial charge in [0.1, 0.15) is 0 Å². The second-order valence-corrected chi connectivity index (χ2v) is 5.82. The maximum absolute atomic E-state index is 3.54. The normalized spacial score (nSPS) is 13.1. The van der Waals surface area contributed by atoms with Crippen LogP contribution < -0.4 is 0 Å². The van der Waals surface area contributed by atoms with E-state index in [1.54, 1.807) is 0 Å². The standard InChI is InChI=1S/C9H9Br3/c1-5-3-9(12)7(6(2)10)4-8(5)11/h3-4,6H,1-2H3. The van der Waals surface area contributed by atoms with Crippen LogP contribution >= 0.6 is 47.8 Å². The summed E-state index contributed by atoms with van der Waals surface area (Å²) in [6, 6.07) is 4.26. The minimum Gasteiger partial charge on any atom is -0.0841 e. The van der Waals surface area contributed by atoms with Gasteiger partial charge in [-0.2, -0.15) is 0 Å². The Hall–Kier alpha value is 0.660. The van der Waals surface area contributed by atoms with Crippen LogP contribution in [0.5, 0.6) is 0 Å². The SMILES string of the molecule is Cc1cc(Br)c(C(C)Br)cc1Br. The summed E-state index contributed by atoms with van der Waals surface area (Å²) in [5.41, 5.74) is 2.52. The Labute approximate surface area is 98.1 Å². The molecule has 0 aliphatic heterocycles. The van der Waals surface area contributed by atoms with Gasteiger partial charge in [0.05, 0.1) is 0 Å². The fourth-order valence-electron chi connectivity index (χ4n) is 0.967. The molecule has 0 spiro atoms. The molecule has 0 amide bonds. The van der Waals surface area contributed by atoms with E-state index in [4.69, 9.17) is 0 Å². The van der Waals surface area contributed by atoms with Crippen molar-refractivity contribution in [2.24, 2.45) is 0 Å². The average molecular weight is 357 g/mol. The first-order chi connectivity index (χ1) is 5.52. The van der Waals surface area contributed by atoms with Crippen LogP contribution in [0, 0.1) is 6.92 Å². The molecule has 1 unspecified atom stereocenters.